The number of carbonyl (C=O) groups excluding carboxylic acids is 2. The van der Waals surface area contributed by atoms with Crippen LogP contribution in [-0.2, 0) is 4.79 Å². The van der Waals surface area contributed by atoms with Crippen molar-refractivity contribution >= 4 is 11.9 Å². The van der Waals surface area contributed by atoms with Crippen molar-refractivity contribution in [1.82, 2.24) is 19.8 Å². The number of hydrogen-bond acceptors (Lipinski definition) is 4. The van der Waals surface area contributed by atoms with Gasteiger partial charge in [-0.2, -0.15) is 4.39 Å². The number of piperidine rings is 1. The minimum atomic E-state index is -1.19. The Morgan fingerprint density at radius 2 is 1.89 bits per heavy atom. The summed E-state index contributed by atoms with van der Waals surface area (Å²) in [7, 11) is 0. The number of H-pyrrole nitrogens is 1. The van der Waals surface area contributed by atoms with E-state index in [0.29, 0.717) is 36.1 Å². The van der Waals surface area contributed by atoms with Crippen molar-refractivity contribution in [2.24, 2.45) is 11.3 Å². The maximum absolute atomic E-state index is 13.2. The van der Waals surface area contributed by atoms with E-state index in [-0.39, 0.29) is 11.3 Å². The molecular weight excluding hydrogens is 367 g/mol. The Kier molecular flexibility index (Phi) is 7.15. The average molecular weight is 396 g/mol. The fourth-order valence-electron chi connectivity index (χ4n) is 3.31. The zero-order valence-electron chi connectivity index (χ0n) is 16.7. The van der Waals surface area contributed by atoms with E-state index < -0.39 is 23.1 Å². The Morgan fingerprint density at radius 1 is 1.25 bits per heavy atom. The molecule has 28 heavy (non-hydrogen) atoms. The van der Waals surface area contributed by atoms with E-state index in [0.717, 1.165) is 32.4 Å². The average Bonchev–Trinajstić information content (AvgIpc) is 2.60. The van der Waals surface area contributed by atoms with E-state index in [9.17, 15) is 23.6 Å². The van der Waals surface area contributed by atoms with Gasteiger partial charge in [0, 0.05) is 26.1 Å². The summed E-state index contributed by atoms with van der Waals surface area (Å²) in [6.45, 7) is 8.04. The molecule has 0 saturated carbocycles. The summed E-state index contributed by atoms with van der Waals surface area (Å²) in [6.07, 6.45) is 4.63. The largest absolute Gasteiger partial charge is 0.343 e. The Bertz CT molecular complexity index is 816. The standard InChI is InChI=1S/C19H29FN4O4/c1-19(2,3)11-15(25)23-9-6-13(7-10-23)5-4-8-21-17(27)24-12-14(20)16(26)22-18(24)28/h12-13H,4-11H2,1-3H3,(H,21,27)(H,22,26,28). The highest BCUT2D eigenvalue weighted by atomic mass is 19.1. The normalized spacial score (nSPS) is 15.5. The molecule has 0 aliphatic carbocycles. The lowest BCUT2D eigenvalue weighted by Gasteiger charge is -2.33. The van der Waals surface area contributed by atoms with Gasteiger partial charge in [-0.05, 0) is 37.0 Å². The van der Waals surface area contributed by atoms with E-state index in [2.05, 4.69) is 26.1 Å². The van der Waals surface area contributed by atoms with Crippen LogP contribution in [0.25, 0.3) is 0 Å². The van der Waals surface area contributed by atoms with Crippen molar-refractivity contribution in [2.45, 2.75) is 52.9 Å². The summed E-state index contributed by atoms with van der Waals surface area (Å²) in [4.78, 5) is 50.4. The number of amides is 2. The predicted octanol–water partition coefficient (Wildman–Crippen LogP) is 1.69. The SMILES string of the molecule is CC(C)(C)CC(=O)N1CCC(CCCNC(=O)n2cc(F)c(=O)[nH]c2=O)CC1. The van der Waals surface area contributed by atoms with Crippen molar-refractivity contribution in [3.63, 3.8) is 0 Å². The van der Waals surface area contributed by atoms with Crippen molar-refractivity contribution in [3.05, 3.63) is 32.9 Å². The molecule has 2 rings (SSSR count). The monoisotopic (exact) mass is 396 g/mol. The molecular formula is C19H29FN4O4. The number of nitrogens with one attached hydrogen (secondary N) is 2. The van der Waals surface area contributed by atoms with Gasteiger partial charge in [-0.1, -0.05) is 20.8 Å². The summed E-state index contributed by atoms with van der Waals surface area (Å²) >= 11 is 0. The van der Waals surface area contributed by atoms with Crippen LogP contribution in [0.5, 0.6) is 0 Å². The van der Waals surface area contributed by atoms with Gasteiger partial charge in [-0.3, -0.25) is 14.6 Å². The van der Waals surface area contributed by atoms with Gasteiger partial charge in [0.2, 0.25) is 11.7 Å². The predicted molar refractivity (Wildman–Crippen MR) is 103 cm³/mol. The van der Waals surface area contributed by atoms with Crippen LogP contribution in [-0.4, -0.2) is 46.0 Å². The Balaban J connectivity index is 1.70. The molecule has 1 aromatic heterocycles. The van der Waals surface area contributed by atoms with Crippen LogP contribution < -0.4 is 16.6 Å². The van der Waals surface area contributed by atoms with Crippen molar-refractivity contribution in [3.8, 4) is 0 Å². The molecule has 9 heteroatoms. The maximum Gasteiger partial charge on any atom is 0.336 e. The first-order valence-corrected chi connectivity index (χ1v) is 9.64. The molecule has 0 spiro atoms. The molecule has 0 aromatic carbocycles. The van der Waals surface area contributed by atoms with Crippen LogP contribution in [0.2, 0.25) is 0 Å². The van der Waals surface area contributed by atoms with Gasteiger partial charge in [0.05, 0.1) is 6.20 Å². The van der Waals surface area contributed by atoms with Crippen LogP contribution in [0.1, 0.15) is 52.9 Å². The third kappa shape index (κ3) is 6.31. The van der Waals surface area contributed by atoms with E-state index in [1.807, 2.05) is 4.90 Å². The third-order valence-electron chi connectivity index (χ3n) is 4.83. The fraction of sp³-hybridized carbons (Fsp3) is 0.684. The Labute approximate surface area is 163 Å². The zero-order valence-corrected chi connectivity index (χ0v) is 16.7. The molecule has 156 valence electrons. The number of rotatable bonds is 5. The topological polar surface area (TPSA) is 104 Å². The second-order valence-electron chi connectivity index (χ2n) is 8.54. The van der Waals surface area contributed by atoms with Gasteiger partial charge < -0.3 is 10.2 Å². The number of likely N-dealkylation sites (tertiary alicyclic amines) is 1. The highest BCUT2D eigenvalue weighted by Crippen LogP contribution is 2.25. The van der Waals surface area contributed by atoms with Crippen molar-refractivity contribution in [1.29, 1.82) is 0 Å². The molecule has 8 nitrogen and oxygen atoms in total. The summed E-state index contributed by atoms with van der Waals surface area (Å²) in [5.74, 6) is -0.497. The molecule has 0 atom stereocenters. The molecule has 2 N–H and O–H groups in total. The number of hydrogen-bond donors (Lipinski definition) is 2. The zero-order chi connectivity index (χ0) is 20.9. The molecule has 1 saturated heterocycles. The molecule has 0 unspecified atom stereocenters. The number of aromatic amines is 1. The van der Waals surface area contributed by atoms with Gasteiger partial charge >= 0.3 is 11.7 Å². The van der Waals surface area contributed by atoms with Crippen LogP contribution >= 0.6 is 0 Å². The minimum absolute atomic E-state index is 0.0111. The number of aromatic nitrogens is 2. The minimum Gasteiger partial charge on any atom is -0.343 e. The van der Waals surface area contributed by atoms with E-state index in [4.69, 9.17) is 0 Å². The van der Waals surface area contributed by atoms with E-state index >= 15 is 0 Å². The summed E-state index contributed by atoms with van der Waals surface area (Å²) < 4.78 is 13.7. The lowest BCUT2D eigenvalue weighted by atomic mass is 9.89. The third-order valence-corrected chi connectivity index (χ3v) is 4.83. The summed E-state index contributed by atoms with van der Waals surface area (Å²) in [5, 5.41) is 2.55. The van der Waals surface area contributed by atoms with Crippen molar-refractivity contribution in [2.75, 3.05) is 19.6 Å². The molecule has 1 aromatic rings. The van der Waals surface area contributed by atoms with Gasteiger partial charge in [0.25, 0.3) is 5.56 Å². The van der Waals surface area contributed by atoms with Gasteiger partial charge in [0.15, 0.2) is 0 Å². The highest BCUT2D eigenvalue weighted by Gasteiger charge is 2.25. The van der Waals surface area contributed by atoms with Crippen LogP contribution in [0, 0.1) is 17.2 Å². The Hall–Kier alpha value is -2.45. The first kappa shape index (κ1) is 21.8. The van der Waals surface area contributed by atoms with Crippen LogP contribution in [0.4, 0.5) is 9.18 Å². The van der Waals surface area contributed by atoms with E-state index in [1.165, 1.54) is 0 Å². The lowest BCUT2D eigenvalue weighted by Crippen LogP contribution is -2.41. The van der Waals surface area contributed by atoms with Crippen LogP contribution in [0.3, 0.4) is 0 Å². The number of nitrogens with zero attached hydrogens (tertiary/aromatic N) is 2. The first-order valence-electron chi connectivity index (χ1n) is 9.64. The second-order valence-corrected chi connectivity index (χ2v) is 8.54. The van der Waals surface area contributed by atoms with Crippen LogP contribution in [0.15, 0.2) is 15.8 Å². The fourth-order valence-corrected chi connectivity index (χ4v) is 3.31. The first-order chi connectivity index (χ1) is 13.1. The highest BCUT2D eigenvalue weighted by molar-refractivity contribution is 5.77. The summed E-state index contributed by atoms with van der Waals surface area (Å²) in [6, 6.07) is -0.775. The molecule has 2 heterocycles. The molecule has 1 aliphatic heterocycles. The molecule has 0 radical (unpaired) electrons. The van der Waals surface area contributed by atoms with Gasteiger partial charge in [-0.25, -0.2) is 14.2 Å². The molecule has 1 fully saturated rings. The quantitative estimate of drug-likeness (QED) is 0.739. The number of carbonyl (C=O) groups is 2. The molecule has 0 bridgehead atoms. The van der Waals surface area contributed by atoms with Gasteiger partial charge in [-0.15, -0.1) is 0 Å². The number of halogens is 1. The maximum atomic E-state index is 13.2. The Morgan fingerprint density at radius 3 is 2.50 bits per heavy atom. The molecule has 1 aliphatic rings. The van der Waals surface area contributed by atoms with Gasteiger partial charge in [0.1, 0.15) is 0 Å². The lowest BCUT2D eigenvalue weighted by molar-refractivity contribution is -0.134. The molecule has 2 amide bonds. The second kappa shape index (κ2) is 9.16. The smallest absolute Gasteiger partial charge is 0.336 e. The summed E-state index contributed by atoms with van der Waals surface area (Å²) in [5.41, 5.74) is -2.14. The van der Waals surface area contributed by atoms with Crippen molar-refractivity contribution < 1.29 is 14.0 Å². The van der Waals surface area contributed by atoms with E-state index in [1.54, 1.807) is 4.98 Å².